The fourth-order valence-electron chi connectivity index (χ4n) is 1.42. The minimum absolute atomic E-state index is 0.117. The molecule has 0 amide bonds. The Kier molecular flexibility index (Phi) is 2.83. The van der Waals surface area contributed by atoms with Gasteiger partial charge in [0.2, 0.25) is 0 Å². The fraction of sp³-hybridized carbons (Fsp3) is 0.0909. The molecule has 0 aliphatic heterocycles. The number of benzene rings is 1. The molecule has 0 bridgehead atoms. The van der Waals surface area contributed by atoms with Gasteiger partial charge in [0.1, 0.15) is 6.20 Å². The SMILES string of the molecule is N#Cc1ccc(Cc2ncc([N+](=O)[O-])[nH]2)cc1. The second-order valence-corrected chi connectivity index (χ2v) is 3.46. The number of H-pyrrole nitrogens is 1. The molecule has 0 saturated heterocycles. The predicted octanol–water partition coefficient (Wildman–Crippen LogP) is 1.78. The lowest BCUT2D eigenvalue weighted by atomic mass is 10.1. The molecule has 0 saturated carbocycles. The number of rotatable bonds is 3. The normalized spacial score (nSPS) is 9.82. The summed E-state index contributed by atoms with van der Waals surface area (Å²) in [6, 6.07) is 9.02. The molecule has 0 unspecified atom stereocenters. The van der Waals surface area contributed by atoms with Crippen molar-refractivity contribution in [3.8, 4) is 6.07 Å². The smallest absolute Gasteiger partial charge is 0.340 e. The van der Waals surface area contributed by atoms with Crippen molar-refractivity contribution in [3.63, 3.8) is 0 Å². The zero-order chi connectivity index (χ0) is 12.3. The van der Waals surface area contributed by atoms with Gasteiger partial charge in [-0.15, -0.1) is 0 Å². The summed E-state index contributed by atoms with van der Waals surface area (Å²) in [5, 5.41) is 19.1. The largest absolute Gasteiger partial charge is 0.358 e. The van der Waals surface area contributed by atoms with E-state index < -0.39 is 4.92 Å². The van der Waals surface area contributed by atoms with Crippen molar-refractivity contribution in [2.75, 3.05) is 0 Å². The first-order valence-corrected chi connectivity index (χ1v) is 4.86. The highest BCUT2D eigenvalue weighted by molar-refractivity contribution is 5.33. The van der Waals surface area contributed by atoms with Crippen molar-refractivity contribution < 1.29 is 4.92 Å². The topological polar surface area (TPSA) is 95.6 Å². The predicted molar refractivity (Wildman–Crippen MR) is 59.2 cm³/mol. The molecular weight excluding hydrogens is 220 g/mol. The Balaban J connectivity index is 2.14. The van der Waals surface area contributed by atoms with Gasteiger partial charge in [0, 0.05) is 0 Å². The van der Waals surface area contributed by atoms with Crippen molar-refractivity contribution in [2.45, 2.75) is 6.42 Å². The molecule has 1 N–H and O–H groups in total. The molecule has 0 fully saturated rings. The zero-order valence-corrected chi connectivity index (χ0v) is 8.75. The molecule has 1 aromatic carbocycles. The van der Waals surface area contributed by atoms with E-state index >= 15 is 0 Å². The second kappa shape index (κ2) is 4.45. The first kappa shape index (κ1) is 10.8. The van der Waals surface area contributed by atoms with E-state index in [1.54, 1.807) is 24.3 Å². The molecule has 6 nitrogen and oxygen atoms in total. The van der Waals surface area contributed by atoms with Crippen LogP contribution in [0.3, 0.4) is 0 Å². The van der Waals surface area contributed by atoms with Gasteiger partial charge in [0.15, 0.2) is 5.82 Å². The Bertz CT molecular complexity index is 580. The number of nitrogens with zero attached hydrogens (tertiary/aromatic N) is 3. The Labute approximate surface area is 96.7 Å². The third-order valence-electron chi connectivity index (χ3n) is 2.27. The number of imidazole rings is 1. The standard InChI is InChI=1S/C11H8N4O2/c12-6-9-3-1-8(2-4-9)5-10-13-7-11(14-10)15(16)17/h1-4,7H,5H2,(H,13,14). The molecule has 0 atom stereocenters. The van der Waals surface area contributed by atoms with Gasteiger partial charge in [0.25, 0.3) is 0 Å². The highest BCUT2D eigenvalue weighted by atomic mass is 16.6. The maximum absolute atomic E-state index is 10.4. The van der Waals surface area contributed by atoms with Gasteiger partial charge < -0.3 is 10.1 Å². The lowest BCUT2D eigenvalue weighted by Crippen LogP contribution is -1.92. The molecule has 2 aromatic rings. The summed E-state index contributed by atoms with van der Waals surface area (Å²) in [5.41, 5.74) is 1.52. The Morgan fingerprint density at radius 3 is 2.65 bits per heavy atom. The summed E-state index contributed by atoms with van der Waals surface area (Å²) in [6.45, 7) is 0. The minimum atomic E-state index is -0.519. The van der Waals surface area contributed by atoms with Gasteiger partial charge in [-0.1, -0.05) is 12.1 Å². The summed E-state index contributed by atoms with van der Waals surface area (Å²) in [5.74, 6) is 0.412. The van der Waals surface area contributed by atoms with Crippen molar-refractivity contribution in [2.24, 2.45) is 0 Å². The monoisotopic (exact) mass is 228 g/mol. The second-order valence-electron chi connectivity index (χ2n) is 3.46. The maximum Gasteiger partial charge on any atom is 0.340 e. The van der Waals surface area contributed by atoms with E-state index in [0.29, 0.717) is 17.8 Å². The third kappa shape index (κ3) is 2.46. The molecule has 0 aliphatic rings. The molecule has 2 rings (SSSR count). The van der Waals surface area contributed by atoms with E-state index in [0.717, 1.165) is 5.56 Å². The van der Waals surface area contributed by atoms with Gasteiger partial charge >= 0.3 is 5.82 Å². The van der Waals surface area contributed by atoms with Gasteiger partial charge in [-0.3, -0.25) is 0 Å². The van der Waals surface area contributed by atoms with Crippen LogP contribution in [-0.2, 0) is 6.42 Å². The average Bonchev–Trinajstić information content (AvgIpc) is 2.79. The van der Waals surface area contributed by atoms with E-state index in [2.05, 4.69) is 9.97 Å². The van der Waals surface area contributed by atoms with Crippen LogP contribution >= 0.6 is 0 Å². The van der Waals surface area contributed by atoms with Crippen LogP contribution in [0.5, 0.6) is 0 Å². The van der Waals surface area contributed by atoms with Crippen LogP contribution in [0.4, 0.5) is 5.82 Å². The molecular formula is C11H8N4O2. The van der Waals surface area contributed by atoms with Crippen molar-refractivity contribution in [1.29, 1.82) is 5.26 Å². The van der Waals surface area contributed by atoms with Crippen molar-refractivity contribution >= 4 is 5.82 Å². The van der Waals surface area contributed by atoms with Crippen molar-refractivity contribution in [1.82, 2.24) is 9.97 Å². The van der Waals surface area contributed by atoms with Gasteiger partial charge in [-0.2, -0.15) is 5.26 Å². The number of nitriles is 1. The molecule has 17 heavy (non-hydrogen) atoms. The third-order valence-corrected chi connectivity index (χ3v) is 2.27. The summed E-state index contributed by atoms with van der Waals surface area (Å²) in [4.78, 5) is 16.5. The van der Waals surface area contributed by atoms with Crippen LogP contribution in [0.15, 0.2) is 30.5 Å². The number of hydrogen-bond acceptors (Lipinski definition) is 4. The molecule has 6 heteroatoms. The van der Waals surface area contributed by atoms with Crippen LogP contribution in [0.25, 0.3) is 0 Å². The quantitative estimate of drug-likeness (QED) is 0.639. The lowest BCUT2D eigenvalue weighted by molar-refractivity contribution is -0.389. The maximum atomic E-state index is 10.4. The minimum Gasteiger partial charge on any atom is -0.358 e. The average molecular weight is 228 g/mol. The Morgan fingerprint density at radius 2 is 2.12 bits per heavy atom. The first-order chi connectivity index (χ1) is 8.19. The fourth-order valence-corrected chi connectivity index (χ4v) is 1.42. The number of nitrogens with one attached hydrogen (secondary N) is 1. The molecule has 0 radical (unpaired) electrons. The molecule has 1 aromatic heterocycles. The number of aromatic amines is 1. The molecule has 84 valence electrons. The lowest BCUT2D eigenvalue weighted by Gasteiger charge is -1.95. The van der Waals surface area contributed by atoms with Crippen LogP contribution in [-0.4, -0.2) is 14.9 Å². The highest BCUT2D eigenvalue weighted by Gasteiger charge is 2.10. The van der Waals surface area contributed by atoms with Gasteiger partial charge in [0.05, 0.1) is 18.1 Å². The number of aromatic nitrogens is 2. The number of nitro groups is 1. The molecule has 0 aliphatic carbocycles. The van der Waals surface area contributed by atoms with E-state index in [-0.39, 0.29) is 5.82 Å². The Hall–Kier alpha value is -2.68. The van der Waals surface area contributed by atoms with Crippen LogP contribution < -0.4 is 0 Å². The van der Waals surface area contributed by atoms with Crippen LogP contribution in [0.1, 0.15) is 17.0 Å². The summed E-state index contributed by atoms with van der Waals surface area (Å²) in [6.07, 6.45) is 1.67. The van der Waals surface area contributed by atoms with Crippen LogP contribution in [0, 0.1) is 21.4 Å². The molecule has 0 spiro atoms. The summed E-state index contributed by atoms with van der Waals surface area (Å²) >= 11 is 0. The van der Waals surface area contributed by atoms with E-state index in [4.69, 9.17) is 5.26 Å². The highest BCUT2D eigenvalue weighted by Crippen LogP contribution is 2.11. The Morgan fingerprint density at radius 1 is 1.41 bits per heavy atom. The van der Waals surface area contributed by atoms with E-state index in [9.17, 15) is 10.1 Å². The summed E-state index contributed by atoms with van der Waals surface area (Å²) < 4.78 is 0. The van der Waals surface area contributed by atoms with Gasteiger partial charge in [-0.05, 0) is 22.6 Å². The van der Waals surface area contributed by atoms with Gasteiger partial charge in [-0.25, -0.2) is 9.97 Å². The van der Waals surface area contributed by atoms with E-state index in [1.807, 2.05) is 6.07 Å². The van der Waals surface area contributed by atoms with Crippen molar-refractivity contribution in [3.05, 3.63) is 57.5 Å². The summed E-state index contributed by atoms with van der Waals surface area (Å²) in [7, 11) is 0. The number of hydrogen-bond donors (Lipinski definition) is 1. The first-order valence-electron chi connectivity index (χ1n) is 4.86. The van der Waals surface area contributed by atoms with Crippen LogP contribution in [0.2, 0.25) is 0 Å². The van der Waals surface area contributed by atoms with E-state index in [1.165, 1.54) is 6.20 Å². The zero-order valence-electron chi connectivity index (χ0n) is 8.75. The molecule has 1 heterocycles.